The Hall–Kier alpha value is -4.50. The molecule has 1 aromatic heterocycles. The van der Waals surface area contributed by atoms with Gasteiger partial charge in [-0.2, -0.15) is 0 Å². The van der Waals surface area contributed by atoms with Crippen molar-refractivity contribution in [3.63, 3.8) is 0 Å². The molecule has 1 heterocycles. The summed E-state index contributed by atoms with van der Waals surface area (Å²) in [6.07, 6.45) is 3.81. The monoisotopic (exact) mass is 574 g/mol. The number of nitrogens with two attached hydrogens (primary N) is 3. The van der Waals surface area contributed by atoms with Crippen LogP contribution in [0.4, 0.5) is 0 Å². The molecule has 0 saturated carbocycles. The highest BCUT2D eigenvalue weighted by Crippen LogP contribution is 2.12. The maximum absolute atomic E-state index is 13.3. The van der Waals surface area contributed by atoms with Gasteiger partial charge in [0, 0.05) is 31.2 Å². The lowest BCUT2D eigenvalue weighted by Gasteiger charge is -2.25. The first-order chi connectivity index (χ1) is 19.5. The lowest BCUT2D eigenvalue weighted by atomic mass is 10.0. The van der Waals surface area contributed by atoms with E-state index in [1.165, 1.54) is 36.8 Å². The van der Waals surface area contributed by atoms with E-state index in [-0.39, 0.29) is 31.4 Å². The Morgan fingerprint density at radius 2 is 1.51 bits per heavy atom. The molecular formula is C26H38N8O7. The molecule has 0 aliphatic heterocycles. The minimum atomic E-state index is -1.35. The summed E-state index contributed by atoms with van der Waals surface area (Å²) in [7, 11) is 0. The number of unbranched alkanes of at least 4 members (excludes halogenated alkanes) is 1. The Bertz CT molecular complexity index is 1160. The Balaban J connectivity index is 2.24. The average molecular weight is 575 g/mol. The molecule has 4 atom stereocenters. The Labute approximate surface area is 236 Å². The van der Waals surface area contributed by atoms with Crippen molar-refractivity contribution >= 4 is 29.6 Å². The highest BCUT2D eigenvalue weighted by molar-refractivity contribution is 5.94. The minimum absolute atomic E-state index is 0.0127. The molecule has 0 saturated heterocycles. The molecular weight excluding hydrogens is 536 g/mol. The third-order valence-electron chi connectivity index (χ3n) is 6.22. The number of carbonyl (C=O) groups excluding carboxylic acids is 4. The van der Waals surface area contributed by atoms with Gasteiger partial charge in [-0.1, -0.05) is 18.6 Å². The predicted molar refractivity (Wildman–Crippen MR) is 147 cm³/mol. The first kappa shape index (κ1) is 32.7. The number of H-pyrrole nitrogens is 1. The predicted octanol–water partition coefficient (Wildman–Crippen LogP) is -1.84. The number of aliphatic carboxylic acids is 1. The summed E-state index contributed by atoms with van der Waals surface area (Å²) in [4.78, 5) is 69.2. The van der Waals surface area contributed by atoms with Gasteiger partial charge in [0.15, 0.2) is 0 Å². The van der Waals surface area contributed by atoms with Gasteiger partial charge in [-0.3, -0.25) is 19.2 Å². The highest BCUT2D eigenvalue weighted by atomic mass is 16.4. The van der Waals surface area contributed by atoms with Crippen LogP contribution in [0.3, 0.4) is 0 Å². The van der Waals surface area contributed by atoms with E-state index >= 15 is 0 Å². The van der Waals surface area contributed by atoms with Crippen molar-refractivity contribution in [2.45, 2.75) is 69.1 Å². The van der Waals surface area contributed by atoms with Crippen LogP contribution < -0.4 is 33.2 Å². The van der Waals surface area contributed by atoms with Crippen LogP contribution in [0.1, 0.15) is 43.4 Å². The number of aromatic amines is 1. The second-order valence-electron chi connectivity index (χ2n) is 9.57. The number of nitrogens with one attached hydrogen (secondary N) is 4. The van der Waals surface area contributed by atoms with Gasteiger partial charge in [0.2, 0.25) is 23.6 Å². The van der Waals surface area contributed by atoms with Crippen molar-refractivity contribution in [3.05, 3.63) is 48.0 Å². The molecule has 4 unspecified atom stereocenters. The van der Waals surface area contributed by atoms with Crippen LogP contribution >= 0.6 is 0 Å². The number of primary amides is 1. The third-order valence-corrected chi connectivity index (χ3v) is 6.22. The van der Waals surface area contributed by atoms with Crippen LogP contribution in [0, 0.1) is 0 Å². The summed E-state index contributed by atoms with van der Waals surface area (Å²) in [5, 5.41) is 26.8. The molecule has 2 rings (SSSR count). The molecule has 15 nitrogen and oxygen atoms in total. The van der Waals surface area contributed by atoms with Gasteiger partial charge in [0.25, 0.3) is 0 Å². The van der Waals surface area contributed by atoms with Gasteiger partial charge in [-0.05, 0) is 43.5 Å². The topological polar surface area (TPSA) is 269 Å². The summed E-state index contributed by atoms with van der Waals surface area (Å²) < 4.78 is 0. The zero-order valence-electron chi connectivity index (χ0n) is 22.5. The van der Waals surface area contributed by atoms with Crippen molar-refractivity contribution in [2.24, 2.45) is 17.2 Å². The highest BCUT2D eigenvalue weighted by Gasteiger charge is 2.31. The molecule has 0 aliphatic carbocycles. The fraction of sp³-hybridized carbons (Fsp3) is 0.462. The molecule has 0 fully saturated rings. The van der Waals surface area contributed by atoms with Gasteiger partial charge in [0.1, 0.15) is 23.9 Å². The lowest BCUT2D eigenvalue weighted by Crippen LogP contribution is -2.58. The summed E-state index contributed by atoms with van der Waals surface area (Å²) >= 11 is 0. The molecule has 2 aromatic rings. The number of phenols is 1. The minimum Gasteiger partial charge on any atom is -0.508 e. The molecule has 224 valence electrons. The number of aromatic hydroxyl groups is 1. The summed E-state index contributed by atoms with van der Waals surface area (Å²) in [6, 6.07) is 1.03. The number of amides is 4. The number of benzene rings is 1. The second kappa shape index (κ2) is 16.6. The van der Waals surface area contributed by atoms with Gasteiger partial charge < -0.3 is 48.3 Å². The van der Waals surface area contributed by atoms with E-state index in [9.17, 15) is 34.2 Å². The number of hydrogen-bond acceptors (Lipinski definition) is 9. The summed E-state index contributed by atoms with van der Waals surface area (Å²) in [5.41, 5.74) is 17.7. The molecule has 0 radical (unpaired) electrons. The van der Waals surface area contributed by atoms with Crippen LogP contribution in [0.15, 0.2) is 36.8 Å². The number of phenolic OH excluding ortho intramolecular Hbond substituents is 1. The first-order valence-electron chi connectivity index (χ1n) is 13.1. The Kier molecular flexibility index (Phi) is 13.2. The molecule has 0 spiro atoms. The van der Waals surface area contributed by atoms with Gasteiger partial charge in [-0.15, -0.1) is 0 Å². The van der Waals surface area contributed by atoms with Crippen molar-refractivity contribution < 1.29 is 34.2 Å². The lowest BCUT2D eigenvalue weighted by molar-refractivity contribution is -0.142. The van der Waals surface area contributed by atoms with E-state index in [1.807, 2.05) is 0 Å². The quantitative estimate of drug-likeness (QED) is 0.0897. The smallest absolute Gasteiger partial charge is 0.326 e. The van der Waals surface area contributed by atoms with Crippen LogP contribution in [-0.2, 0) is 36.8 Å². The fourth-order valence-electron chi connectivity index (χ4n) is 3.91. The number of carboxylic acid groups (broad SMARTS) is 1. The fourth-order valence-corrected chi connectivity index (χ4v) is 3.91. The van der Waals surface area contributed by atoms with Crippen LogP contribution in [-0.4, -0.2) is 80.5 Å². The van der Waals surface area contributed by atoms with E-state index in [0.29, 0.717) is 37.1 Å². The molecule has 41 heavy (non-hydrogen) atoms. The number of carbonyl (C=O) groups is 5. The standard InChI is InChI=1S/C26H38N8O7/c27-10-2-1-3-18(28)23(37)32-19(8-9-22(29)36)24(38)33-20(11-15-4-6-17(35)7-5-15)25(39)34-21(26(40)41)12-16-13-30-14-31-16/h4-7,13-14,18-21,35H,1-3,8-12,27-28H2,(H2,29,36)(H,30,31)(H,32,37)(H,33,38)(H,34,39)(H,40,41). The van der Waals surface area contributed by atoms with E-state index in [2.05, 4.69) is 25.9 Å². The van der Waals surface area contributed by atoms with E-state index in [4.69, 9.17) is 17.2 Å². The summed E-state index contributed by atoms with van der Waals surface area (Å²) in [6.45, 7) is 0.438. The number of aromatic nitrogens is 2. The largest absolute Gasteiger partial charge is 0.508 e. The maximum atomic E-state index is 13.3. The Morgan fingerprint density at radius 3 is 2.10 bits per heavy atom. The molecule has 12 N–H and O–H groups in total. The first-order valence-corrected chi connectivity index (χ1v) is 13.1. The van der Waals surface area contributed by atoms with Gasteiger partial charge in [-0.25, -0.2) is 9.78 Å². The second-order valence-corrected chi connectivity index (χ2v) is 9.57. The van der Waals surface area contributed by atoms with Crippen molar-refractivity contribution in [1.29, 1.82) is 0 Å². The van der Waals surface area contributed by atoms with Crippen LogP contribution in [0.25, 0.3) is 0 Å². The molecule has 1 aromatic carbocycles. The molecule has 0 bridgehead atoms. The number of nitrogens with zero attached hydrogens (tertiary/aromatic N) is 1. The molecule has 15 heteroatoms. The number of carboxylic acids is 1. The normalized spacial score (nSPS) is 13.8. The Morgan fingerprint density at radius 1 is 0.878 bits per heavy atom. The zero-order valence-corrected chi connectivity index (χ0v) is 22.5. The third kappa shape index (κ3) is 11.6. The van der Waals surface area contributed by atoms with E-state index in [0.717, 1.165) is 0 Å². The van der Waals surface area contributed by atoms with E-state index in [1.54, 1.807) is 0 Å². The SMILES string of the molecule is NCCCCC(N)C(=O)NC(CCC(N)=O)C(=O)NC(Cc1ccc(O)cc1)C(=O)NC(Cc1cnc[nH]1)C(=O)O. The average Bonchev–Trinajstić information content (AvgIpc) is 3.44. The maximum Gasteiger partial charge on any atom is 0.326 e. The molecule has 0 aliphatic rings. The molecule has 4 amide bonds. The van der Waals surface area contributed by atoms with E-state index < -0.39 is 53.8 Å². The number of imidazole rings is 1. The van der Waals surface area contributed by atoms with Crippen LogP contribution in [0.2, 0.25) is 0 Å². The van der Waals surface area contributed by atoms with Gasteiger partial charge >= 0.3 is 5.97 Å². The van der Waals surface area contributed by atoms with Crippen LogP contribution in [0.5, 0.6) is 5.75 Å². The number of hydrogen-bond donors (Lipinski definition) is 9. The van der Waals surface area contributed by atoms with Crippen molar-refractivity contribution in [2.75, 3.05) is 6.54 Å². The van der Waals surface area contributed by atoms with Crippen molar-refractivity contribution in [1.82, 2.24) is 25.9 Å². The zero-order chi connectivity index (χ0) is 30.4. The number of rotatable bonds is 18. The summed E-state index contributed by atoms with van der Waals surface area (Å²) in [5.74, 6) is -4.26. The van der Waals surface area contributed by atoms with Crippen molar-refractivity contribution in [3.8, 4) is 5.75 Å². The van der Waals surface area contributed by atoms with Gasteiger partial charge in [0.05, 0.1) is 12.4 Å².